The molecule has 0 aliphatic carbocycles. The molecule has 0 N–H and O–H groups in total. The van der Waals surface area contributed by atoms with Gasteiger partial charge >= 0.3 is 0 Å². The van der Waals surface area contributed by atoms with Gasteiger partial charge in [0.2, 0.25) is 15.9 Å². The summed E-state index contributed by atoms with van der Waals surface area (Å²) in [7, 11) is -1.89. The minimum absolute atomic E-state index is 0.0867. The minimum atomic E-state index is -3.31. The van der Waals surface area contributed by atoms with Crippen LogP contribution < -0.4 is 0 Å². The Hall–Kier alpha value is -1.66. The van der Waals surface area contributed by atoms with Gasteiger partial charge in [-0.05, 0) is 18.4 Å². The molecule has 1 saturated heterocycles. The molecule has 1 fully saturated rings. The molecule has 0 unspecified atom stereocenters. The number of amides is 1. The number of nitrogens with zero attached hydrogens (tertiary/aromatic N) is 2. The fourth-order valence-corrected chi connectivity index (χ4v) is 2.73. The number of likely N-dealkylation sites (N-methyl/N-ethyl adjacent to an activating group) is 1. The van der Waals surface area contributed by atoms with Gasteiger partial charge in [-0.1, -0.05) is 42.0 Å². The van der Waals surface area contributed by atoms with Crippen molar-refractivity contribution < 1.29 is 13.2 Å². The van der Waals surface area contributed by atoms with E-state index < -0.39 is 10.0 Å². The normalized spacial score (nSPS) is 16.0. The highest BCUT2D eigenvalue weighted by atomic mass is 32.2. The van der Waals surface area contributed by atoms with E-state index in [1.165, 1.54) is 18.2 Å². The molecule has 1 aliphatic rings. The zero-order valence-electron chi connectivity index (χ0n) is 13.0. The predicted octanol–water partition coefficient (Wildman–Crippen LogP) is 1.58. The Labute approximate surface area is 132 Å². The SMILES string of the molecule is CN(CC(=O)N1CCC(=Cc2ccccc2)CC1)S(C)(=O)=O. The van der Waals surface area contributed by atoms with E-state index in [0.29, 0.717) is 13.1 Å². The monoisotopic (exact) mass is 322 g/mol. The van der Waals surface area contributed by atoms with Gasteiger partial charge in [0.15, 0.2) is 0 Å². The third-order valence-electron chi connectivity index (χ3n) is 3.85. The van der Waals surface area contributed by atoms with Crippen LogP contribution in [0.25, 0.3) is 6.08 Å². The third kappa shape index (κ3) is 4.68. The van der Waals surface area contributed by atoms with Crippen LogP contribution in [-0.2, 0) is 14.8 Å². The van der Waals surface area contributed by atoms with E-state index in [1.54, 1.807) is 4.90 Å². The van der Waals surface area contributed by atoms with Crippen LogP contribution in [0.15, 0.2) is 35.9 Å². The van der Waals surface area contributed by atoms with E-state index in [-0.39, 0.29) is 12.5 Å². The first-order valence-electron chi connectivity index (χ1n) is 7.30. The summed E-state index contributed by atoms with van der Waals surface area (Å²) in [5.41, 5.74) is 2.50. The van der Waals surface area contributed by atoms with E-state index in [4.69, 9.17) is 0 Å². The molecule has 0 atom stereocenters. The Morgan fingerprint density at radius 3 is 2.36 bits per heavy atom. The molecule has 0 radical (unpaired) electrons. The fraction of sp³-hybridized carbons (Fsp3) is 0.438. The summed E-state index contributed by atoms with van der Waals surface area (Å²) in [5, 5.41) is 0. The number of benzene rings is 1. The molecule has 22 heavy (non-hydrogen) atoms. The minimum Gasteiger partial charge on any atom is -0.341 e. The quantitative estimate of drug-likeness (QED) is 0.846. The summed E-state index contributed by atoms with van der Waals surface area (Å²) >= 11 is 0. The summed E-state index contributed by atoms with van der Waals surface area (Å²) in [6, 6.07) is 10.1. The Morgan fingerprint density at radius 2 is 1.82 bits per heavy atom. The zero-order chi connectivity index (χ0) is 16.2. The van der Waals surface area contributed by atoms with Gasteiger partial charge < -0.3 is 4.90 Å². The Kier molecular flexibility index (Phi) is 5.37. The molecule has 1 amide bonds. The van der Waals surface area contributed by atoms with Gasteiger partial charge in [-0.15, -0.1) is 0 Å². The first kappa shape index (κ1) is 16.7. The second-order valence-corrected chi connectivity index (χ2v) is 7.70. The van der Waals surface area contributed by atoms with Crippen molar-refractivity contribution in [3.8, 4) is 0 Å². The number of hydrogen-bond acceptors (Lipinski definition) is 3. The van der Waals surface area contributed by atoms with E-state index in [0.717, 1.165) is 23.4 Å². The van der Waals surface area contributed by atoms with E-state index >= 15 is 0 Å². The molecular weight excluding hydrogens is 300 g/mol. The van der Waals surface area contributed by atoms with Crippen LogP contribution in [0.4, 0.5) is 0 Å². The van der Waals surface area contributed by atoms with Crippen molar-refractivity contribution in [1.29, 1.82) is 0 Å². The maximum absolute atomic E-state index is 12.1. The maximum Gasteiger partial charge on any atom is 0.237 e. The highest BCUT2D eigenvalue weighted by Crippen LogP contribution is 2.19. The van der Waals surface area contributed by atoms with Crippen LogP contribution in [0.1, 0.15) is 18.4 Å². The number of piperidine rings is 1. The first-order valence-corrected chi connectivity index (χ1v) is 9.14. The van der Waals surface area contributed by atoms with Crippen molar-refractivity contribution in [1.82, 2.24) is 9.21 Å². The predicted molar refractivity (Wildman–Crippen MR) is 87.7 cm³/mol. The van der Waals surface area contributed by atoms with Crippen molar-refractivity contribution in [2.24, 2.45) is 0 Å². The van der Waals surface area contributed by atoms with E-state index in [2.05, 4.69) is 18.2 Å². The number of sulfonamides is 1. The molecule has 1 aromatic carbocycles. The molecule has 120 valence electrons. The van der Waals surface area contributed by atoms with Crippen LogP contribution in [0.3, 0.4) is 0 Å². The molecule has 0 saturated carbocycles. The summed E-state index contributed by atoms with van der Waals surface area (Å²) in [6.07, 6.45) is 4.95. The largest absolute Gasteiger partial charge is 0.341 e. The van der Waals surface area contributed by atoms with Gasteiger partial charge in [-0.3, -0.25) is 4.79 Å². The molecule has 0 aromatic heterocycles. The van der Waals surface area contributed by atoms with Gasteiger partial charge in [0, 0.05) is 20.1 Å². The highest BCUT2D eigenvalue weighted by molar-refractivity contribution is 7.88. The van der Waals surface area contributed by atoms with Gasteiger partial charge in [-0.25, -0.2) is 8.42 Å². The Balaban J connectivity index is 1.89. The maximum atomic E-state index is 12.1. The molecule has 0 spiro atoms. The lowest BCUT2D eigenvalue weighted by molar-refractivity contribution is -0.131. The van der Waals surface area contributed by atoms with Crippen LogP contribution in [-0.4, -0.2) is 56.5 Å². The van der Waals surface area contributed by atoms with Gasteiger partial charge in [0.05, 0.1) is 12.8 Å². The Morgan fingerprint density at radius 1 is 1.23 bits per heavy atom. The summed E-state index contributed by atoms with van der Waals surface area (Å²) in [6.45, 7) is 1.21. The molecule has 6 heteroatoms. The average Bonchev–Trinajstić information content (AvgIpc) is 2.48. The molecule has 1 aromatic rings. The van der Waals surface area contributed by atoms with Crippen molar-refractivity contribution in [3.05, 3.63) is 41.5 Å². The molecule has 5 nitrogen and oxygen atoms in total. The van der Waals surface area contributed by atoms with Crippen LogP contribution in [0.2, 0.25) is 0 Å². The molecular formula is C16H22N2O3S. The number of hydrogen-bond donors (Lipinski definition) is 0. The van der Waals surface area contributed by atoms with Gasteiger partial charge in [0.1, 0.15) is 0 Å². The number of rotatable bonds is 4. The molecule has 1 aliphatic heterocycles. The molecule has 2 rings (SSSR count). The van der Waals surface area contributed by atoms with Crippen molar-refractivity contribution in [2.75, 3.05) is 32.9 Å². The van der Waals surface area contributed by atoms with Crippen LogP contribution >= 0.6 is 0 Å². The summed E-state index contributed by atoms with van der Waals surface area (Å²) < 4.78 is 23.8. The number of likely N-dealkylation sites (tertiary alicyclic amines) is 1. The molecule has 0 bridgehead atoms. The van der Waals surface area contributed by atoms with Gasteiger partial charge in [0.25, 0.3) is 0 Å². The summed E-state index contributed by atoms with van der Waals surface area (Å²) in [5.74, 6) is -0.133. The Bertz CT molecular complexity index is 643. The number of carbonyl (C=O) groups excluding carboxylic acids is 1. The van der Waals surface area contributed by atoms with E-state index in [9.17, 15) is 13.2 Å². The van der Waals surface area contributed by atoms with Crippen LogP contribution in [0.5, 0.6) is 0 Å². The summed E-state index contributed by atoms with van der Waals surface area (Å²) in [4.78, 5) is 13.9. The smallest absolute Gasteiger partial charge is 0.237 e. The fourth-order valence-electron chi connectivity index (χ4n) is 2.38. The highest BCUT2D eigenvalue weighted by Gasteiger charge is 2.22. The zero-order valence-corrected chi connectivity index (χ0v) is 13.8. The van der Waals surface area contributed by atoms with Gasteiger partial charge in [-0.2, -0.15) is 4.31 Å². The van der Waals surface area contributed by atoms with Crippen molar-refractivity contribution in [3.63, 3.8) is 0 Å². The van der Waals surface area contributed by atoms with Crippen LogP contribution in [0, 0.1) is 0 Å². The van der Waals surface area contributed by atoms with E-state index in [1.807, 2.05) is 18.2 Å². The molecule has 1 heterocycles. The second kappa shape index (κ2) is 7.07. The standard InChI is InChI=1S/C16H22N2O3S/c1-17(22(2,20)21)13-16(19)18-10-8-15(9-11-18)12-14-6-4-3-5-7-14/h3-7,12H,8-11,13H2,1-2H3. The topological polar surface area (TPSA) is 57.7 Å². The van der Waals surface area contributed by atoms with Crippen molar-refractivity contribution in [2.45, 2.75) is 12.8 Å². The second-order valence-electron chi connectivity index (χ2n) is 5.61. The lowest BCUT2D eigenvalue weighted by Crippen LogP contribution is -2.43. The van der Waals surface area contributed by atoms with Crippen molar-refractivity contribution >= 4 is 22.0 Å². The lowest BCUT2D eigenvalue weighted by atomic mass is 10.0. The lowest BCUT2D eigenvalue weighted by Gasteiger charge is -2.29. The average molecular weight is 322 g/mol. The number of carbonyl (C=O) groups is 1. The third-order valence-corrected chi connectivity index (χ3v) is 5.11. The first-order chi connectivity index (χ1) is 10.4.